The lowest BCUT2D eigenvalue weighted by Gasteiger charge is -2.18. The molecule has 2 N–H and O–H groups in total. The number of carbonyl (C=O) groups is 1. The summed E-state index contributed by atoms with van der Waals surface area (Å²) in [4.78, 5) is 11.8. The van der Waals surface area contributed by atoms with Gasteiger partial charge in [0, 0.05) is 11.5 Å². The third kappa shape index (κ3) is 2.95. The lowest BCUT2D eigenvalue weighted by atomic mass is 9.87. The van der Waals surface area contributed by atoms with Gasteiger partial charge < -0.3 is 14.9 Å². The molecule has 0 amide bonds. The molecule has 2 aromatic carbocycles. The number of hydrogen-bond donors (Lipinski definition) is 2. The fraction of sp³-hybridized carbons (Fsp3) is 0.188. The summed E-state index contributed by atoms with van der Waals surface area (Å²) in [6, 6.07) is 9.79. The van der Waals surface area contributed by atoms with Gasteiger partial charge in [-0.15, -0.1) is 0 Å². The van der Waals surface area contributed by atoms with Gasteiger partial charge in [0.15, 0.2) is 0 Å². The minimum absolute atomic E-state index is 0.0180. The number of carbonyl (C=O) groups excluding carboxylic acids is 1. The topological polar surface area (TPSA) is 92.5 Å². The number of benzene rings is 2. The Bertz CT molecular complexity index is 862. The van der Waals surface area contributed by atoms with Crippen LogP contribution in [-0.4, -0.2) is 32.0 Å². The first-order valence-electron chi connectivity index (χ1n) is 6.90. The highest BCUT2D eigenvalue weighted by Gasteiger charge is 2.25. The van der Waals surface area contributed by atoms with E-state index in [9.17, 15) is 15.0 Å². The van der Waals surface area contributed by atoms with E-state index in [-0.39, 0.29) is 17.9 Å². The van der Waals surface area contributed by atoms with Gasteiger partial charge in [-0.1, -0.05) is 12.1 Å². The van der Waals surface area contributed by atoms with E-state index in [0.29, 0.717) is 22.2 Å². The highest BCUT2D eigenvalue weighted by molar-refractivity contribution is 7.00. The number of phenolic OH excluding ortho intramolecular Hbond substituents is 2. The zero-order chi connectivity index (χ0) is 16.4. The maximum absolute atomic E-state index is 11.8. The smallest absolute Gasteiger partial charge is 0.306 e. The van der Waals surface area contributed by atoms with E-state index in [2.05, 4.69) is 8.75 Å². The van der Waals surface area contributed by atoms with Crippen LogP contribution in [0.1, 0.15) is 23.5 Å². The molecule has 0 bridgehead atoms. The number of ether oxygens (including phenoxy) is 1. The first-order valence-corrected chi connectivity index (χ1v) is 7.63. The number of methoxy groups -OCH3 is 1. The molecule has 0 aliphatic carbocycles. The summed E-state index contributed by atoms with van der Waals surface area (Å²) >= 11 is 1.04. The minimum atomic E-state index is -0.498. The van der Waals surface area contributed by atoms with Crippen molar-refractivity contribution >= 4 is 28.7 Å². The van der Waals surface area contributed by atoms with E-state index in [1.807, 2.05) is 0 Å². The maximum atomic E-state index is 11.8. The highest BCUT2D eigenvalue weighted by Crippen LogP contribution is 2.39. The predicted octanol–water partition coefficient (Wildman–Crippen LogP) is 2.80. The average molecular weight is 330 g/mol. The Labute approximate surface area is 136 Å². The van der Waals surface area contributed by atoms with Gasteiger partial charge >= 0.3 is 5.97 Å². The molecule has 1 unspecified atom stereocenters. The summed E-state index contributed by atoms with van der Waals surface area (Å²) in [7, 11) is 1.31. The van der Waals surface area contributed by atoms with Crippen molar-refractivity contribution in [2.45, 2.75) is 12.3 Å². The second kappa shape index (κ2) is 6.21. The monoisotopic (exact) mass is 330 g/mol. The zero-order valence-electron chi connectivity index (χ0n) is 12.3. The minimum Gasteiger partial charge on any atom is -0.508 e. The van der Waals surface area contributed by atoms with Crippen molar-refractivity contribution in [2.75, 3.05) is 7.11 Å². The molecular formula is C16H14N2O4S. The summed E-state index contributed by atoms with van der Waals surface area (Å²) < 4.78 is 13.2. The third-order valence-corrected chi connectivity index (χ3v) is 4.21. The van der Waals surface area contributed by atoms with Crippen LogP contribution >= 0.6 is 11.7 Å². The number of phenols is 2. The zero-order valence-corrected chi connectivity index (χ0v) is 13.1. The summed E-state index contributed by atoms with van der Waals surface area (Å²) in [5, 5.41) is 20.1. The van der Waals surface area contributed by atoms with E-state index in [1.54, 1.807) is 30.3 Å². The van der Waals surface area contributed by atoms with Gasteiger partial charge in [0.1, 0.15) is 22.5 Å². The number of aromatic hydroxyl groups is 2. The molecule has 1 atom stereocenters. The van der Waals surface area contributed by atoms with E-state index in [1.165, 1.54) is 13.2 Å². The van der Waals surface area contributed by atoms with Crippen LogP contribution in [0.4, 0.5) is 0 Å². The maximum Gasteiger partial charge on any atom is 0.306 e. The average Bonchev–Trinajstić information content (AvgIpc) is 3.01. The molecule has 0 spiro atoms. The Morgan fingerprint density at radius 1 is 1.26 bits per heavy atom. The lowest BCUT2D eigenvalue weighted by Crippen LogP contribution is -2.11. The molecule has 1 heterocycles. The molecule has 7 heteroatoms. The Hall–Kier alpha value is -2.67. The van der Waals surface area contributed by atoms with Crippen LogP contribution in [0, 0.1) is 0 Å². The van der Waals surface area contributed by atoms with Crippen molar-refractivity contribution in [2.24, 2.45) is 0 Å². The number of hydrogen-bond acceptors (Lipinski definition) is 7. The highest BCUT2D eigenvalue weighted by atomic mass is 32.1. The predicted molar refractivity (Wildman–Crippen MR) is 85.7 cm³/mol. The molecule has 0 aliphatic heterocycles. The van der Waals surface area contributed by atoms with Gasteiger partial charge in [-0.3, -0.25) is 4.79 Å². The van der Waals surface area contributed by atoms with Crippen molar-refractivity contribution in [1.82, 2.24) is 8.75 Å². The van der Waals surface area contributed by atoms with Crippen molar-refractivity contribution in [3.05, 3.63) is 47.5 Å². The first kappa shape index (κ1) is 15.2. The van der Waals surface area contributed by atoms with Gasteiger partial charge in [-0.05, 0) is 29.8 Å². The Morgan fingerprint density at radius 3 is 2.83 bits per heavy atom. The number of aromatic nitrogens is 2. The molecular weight excluding hydrogens is 316 g/mol. The second-order valence-electron chi connectivity index (χ2n) is 5.06. The van der Waals surface area contributed by atoms with E-state index in [4.69, 9.17) is 4.74 Å². The Kier molecular flexibility index (Phi) is 4.12. The quantitative estimate of drug-likeness (QED) is 0.715. The molecule has 23 heavy (non-hydrogen) atoms. The van der Waals surface area contributed by atoms with Crippen LogP contribution in [0.5, 0.6) is 11.5 Å². The van der Waals surface area contributed by atoms with E-state index >= 15 is 0 Å². The van der Waals surface area contributed by atoms with Gasteiger partial charge in [0.25, 0.3) is 0 Å². The van der Waals surface area contributed by atoms with Gasteiger partial charge in [0.05, 0.1) is 25.3 Å². The molecule has 3 aromatic rings. The number of rotatable bonds is 4. The second-order valence-corrected chi connectivity index (χ2v) is 5.59. The van der Waals surface area contributed by atoms with E-state index in [0.717, 1.165) is 11.7 Å². The number of nitrogens with zero attached hydrogens (tertiary/aromatic N) is 2. The van der Waals surface area contributed by atoms with Gasteiger partial charge in [-0.2, -0.15) is 8.75 Å². The third-order valence-electron chi connectivity index (χ3n) is 3.66. The van der Waals surface area contributed by atoms with Crippen molar-refractivity contribution in [3.8, 4) is 11.5 Å². The molecule has 0 radical (unpaired) electrons. The summed E-state index contributed by atoms with van der Waals surface area (Å²) in [6.07, 6.45) is 0.0180. The molecule has 0 saturated heterocycles. The largest absolute Gasteiger partial charge is 0.508 e. The Balaban J connectivity index is 2.19. The molecule has 0 aliphatic rings. The lowest BCUT2D eigenvalue weighted by molar-refractivity contribution is -0.140. The van der Waals surface area contributed by atoms with Gasteiger partial charge in [0.2, 0.25) is 0 Å². The van der Waals surface area contributed by atoms with Crippen LogP contribution in [0.2, 0.25) is 0 Å². The summed E-state index contributed by atoms with van der Waals surface area (Å²) in [6.45, 7) is 0. The molecule has 6 nitrogen and oxygen atoms in total. The van der Waals surface area contributed by atoms with Crippen LogP contribution in [0.25, 0.3) is 11.0 Å². The van der Waals surface area contributed by atoms with Gasteiger partial charge in [-0.25, -0.2) is 0 Å². The van der Waals surface area contributed by atoms with Crippen molar-refractivity contribution in [3.63, 3.8) is 0 Å². The molecule has 118 valence electrons. The number of fused-ring (bicyclic) bond motifs is 1. The van der Waals surface area contributed by atoms with Crippen LogP contribution in [0.15, 0.2) is 36.4 Å². The molecule has 0 saturated carbocycles. The Morgan fingerprint density at radius 2 is 2.09 bits per heavy atom. The summed E-state index contributed by atoms with van der Waals surface area (Å²) in [5.74, 6) is -0.803. The SMILES string of the molecule is COC(=O)CC(c1cccc(O)c1)c1c(O)ccc2nsnc12. The van der Waals surface area contributed by atoms with Crippen molar-refractivity contribution in [1.29, 1.82) is 0 Å². The van der Waals surface area contributed by atoms with Crippen LogP contribution in [-0.2, 0) is 9.53 Å². The normalized spacial score (nSPS) is 12.2. The standard InChI is InChI=1S/C16H14N2O4S/c1-22-14(21)8-11(9-3-2-4-10(19)7-9)15-13(20)6-5-12-16(15)18-23-17-12/h2-7,11,19-20H,8H2,1H3. The van der Waals surface area contributed by atoms with Crippen LogP contribution in [0.3, 0.4) is 0 Å². The van der Waals surface area contributed by atoms with E-state index < -0.39 is 11.9 Å². The molecule has 3 rings (SSSR count). The number of esters is 1. The molecule has 0 fully saturated rings. The fourth-order valence-corrected chi connectivity index (χ4v) is 3.13. The van der Waals surface area contributed by atoms with Crippen LogP contribution < -0.4 is 0 Å². The fourth-order valence-electron chi connectivity index (χ4n) is 2.58. The van der Waals surface area contributed by atoms with Crippen molar-refractivity contribution < 1.29 is 19.7 Å². The first-order chi connectivity index (χ1) is 11.1. The molecule has 1 aromatic heterocycles. The summed E-state index contributed by atoms with van der Waals surface area (Å²) in [5.41, 5.74) is 2.39.